The van der Waals surface area contributed by atoms with Gasteiger partial charge in [-0.3, -0.25) is 9.69 Å². The van der Waals surface area contributed by atoms with Crippen LogP contribution in [0.1, 0.15) is 24.4 Å². The van der Waals surface area contributed by atoms with Crippen molar-refractivity contribution in [1.82, 2.24) is 10.2 Å². The van der Waals surface area contributed by atoms with Crippen LogP contribution in [0, 0.1) is 12.8 Å². The first kappa shape index (κ1) is 15.9. The Balaban J connectivity index is 1.84. The molecule has 0 aliphatic carbocycles. The molecule has 1 aliphatic heterocycles. The normalized spacial score (nSPS) is 20.5. The van der Waals surface area contributed by atoms with Crippen molar-refractivity contribution in [3.8, 4) is 0 Å². The third-order valence-electron chi connectivity index (χ3n) is 3.51. The Morgan fingerprint density at radius 2 is 2.24 bits per heavy atom. The molecule has 0 saturated carbocycles. The quantitative estimate of drug-likeness (QED) is 0.929. The minimum absolute atomic E-state index is 0.392. The highest BCUT2D eigenvalue weighted by molar-refractivity contribution is 5.79. The maximum atomic E-state index is 12.1. The monoisotopic (exact) mass is 304 g/mol. The van der Waals surface area contributed by atoms with Crippen molar-refractivity contribution < 1.29 is 22.4 Å². The van der Waals surface area contributed by atoms with E-state index in [0.29, 0.717) is 19.5 Å². The second-order valence-corrected chi connectivity index (χ2v) is 5.42. The Morgan fingerprint density at radius 3 is 2.86 bits per heavy atom. The number of likely N-dealkylation sites (tertiary alicyclic amines) is 1. The molecule has 1 aliphatic rings. The fraction of sp³-hybridized carbons (Fsp3) is 0.643. The summed E-state index contributed by atoms with van der Waals surface area (Å²) in [6.45, 7) is 2.45. The molecule has 2 rings (SSSR count). The predicted molar refractivity (Wildman–Crippen MR) is 70.5 cm³/mol. The smallest absolute Gasteiger partial charge is 0.405 e. The zero-order chi connectivity index (χ0) is 15.5. The molecule has 7 heteroatoms. The molecular formula is C14H19F3N2O2. The molecule has 118 valence electrons. The highest BCUT2D eigenvalue weighted by atomic mass is 19.4. The molecule has 1 N–H and O–H groups in total. The third kappa shape index (κ3) is 5.08. The Morgan fingerprint density at radius 1 is 1.48 bits per heavy atom. The van der Waals surface area contributed by atoms with Crippen molar-refractivity contribution in [2.45, 2.75) is 32.5 Å². The first-order valence-electron chi connectivity index (χ1n) is 6.95. The van der Waals surface area contributed by atoms with E-state index in [4.69, 9.17) is 4.42 Å². The van der Waals surface area contributed by atoms with Crippen LogP contribution in [0.3, 0.4) is 0 Å². The molecule has 2 heterocycles. The van der Waals surface area contributed by atoms with Crippen molar-refractivity contribution in [2.75, 3.05) is 19.6 Å². The predicted octanol–water partition coefficient (Wildman–Crippen LogP) is 2.48. The Labute approximate surface area is 121 Å². The molecule has 4 nitrogen and oxygen atoms in total. The van der Waals surface area contributed by atoms with Crippen LogP contribution in [0.15, 0.2) is 16.5 Å². The van der Waals surface area contributed by atoms with Gasteiger partial charge in [-0.15, -0.1) is 0 Å². The van der Waals surface area contributed by atoms with E-state index < -0.39 is 24.5 Å². The lowest BCUT2D eigenvalue weighted by atomic mass is 9.97. The van der Waals surface area contributed by atoms with Crippen LogP contribution < -0.4 is 5.32 Å². The van der Waals surface area contributed by atoms with Crippen molar-refractivity contribution >= 4 is 5.91 Å². The van der Waals surface area contributed by atoms with Crippen LogP contribution in [0.2, 0.25) is 0 Å². The number of carbonyl (C=O) groups is 1. The average molecular weight is 304 g/mol. The lowest BCUT2D eigenvalue weighted by Gasteiger charge is -2.31. The summed E-state index contributed by atoms with van der Waals surface area (Å²) in [6, 6.07) is 3.75. The fourth-order valence-electron chi connectivity index (χ4n) is 2.54. The summed E-state index contributed by atoms with van der Waals surface area (Å²) in [7, 11) is 0. The first-order chi connectivity index (χ1) is 9.83. The number of carbonyl (C=O) groups excluding carboxylic acids is 1. The van der Waals surface area contributed by atoms with Gasteiger partial charge in [0.1, 0.15) is 18.1 Å². The number of hydrogen-bond donors (Lipinski definition) is 1. The number of furan rings is 1. The zero-order valence-electron chi connectivity index (χ0n) is 11.9. The number of piperidine rings is 1. The van der Waals surface area contributed by atoms with Gasteiger partial charge in [0.25, 0.3) is 0 Å². The molecule has 1 amide bonds. The highest BCUT2D eigenvalue weighted by Gasteiger charge is 2.31. The van der Waals surface area contributed by atoms with Gasteiger partial charge in [0, 0.05) is 6.54 Å². The van der Waals surface area contributed by atoms with Gasteiger partial charge in [-0.1, -0.05) is 0 Å². The summed E-state index contributed by atoms with van der Waals surface area (Å²) < 4.78 is 41.8. The van der Waals surface area contributed by atoms with Gasteiger partial charge in [0.05, 0.1) is 12.5 Å². The SMILES string of the molecule is Cc1ccc(CN2CCC[C@@H](C(=O)NCC(F)(F)F)C2)o1. The number of alkyl halides is 3. The van der Waals surface area contributed by atoms with E-state index in [-0.39, 0.29) is 0 Å². The van der Waals surface area contributed by atoms with Crippen LogP contribution in [-0.2, 0) is 11.3 Å². The molecule has 1 aromatic heterocycles. The van der Waals surface area contributed by atoms with Crippen LogP contribution in [-0.4, -0.2) is 36.6 Å². The van der Waals surface area contributed by atoms with Crippen LogP contribution in [0.25, 0.3) is 0 Å². The van der Waals surface area contributed by atoms with Crippen molar-refractivity contribution in [3.05, 3.63) is 23.7 Å². The molecule has 1 fully saturated rings. The standard InChI is InChI=1S/C14H19F3N2O2/c1-10-4-5-12(21-10)8-19-6-2-3-11(7-19)13(20)18-9-14(15,16)17/h4-5,11H,2-3,6-9H2,1H3,(H,18,20)/t11-/m1/s1. The third-order valence-corrected chi connectivity index (χ3v) is 3.51. The Kier molecular flexibility index (Phi) is 4.92. The van der Waals surface area contributed by atoms with Gasteiger partial charge in [-0.05, 0) is 38.4 Å². The number of halogens is 3. The van der Waals surface area contributed by atoms with Crippen LogP contribution >= 0.6 is 0 Å². The van der Waals surface area contributed by atoms with Crippen molar-refractivity contribution in [3.63, 3.8) is 0 Å². The summed E-state index contributed by atoms with van der Waals surface area (Å²) >= 11 is 0. The molecular weight excluding hydrogens is 285 g/mol. The molecule has 1 saturated heterocycles. The first-order valence-corrected chi connectivity index (χ1v) is 6.95. The highest BCUT2D eigenvalue weighted by Crippen LogP contribution is 2.20. The minimum atomic E-state index is -4.37. The second-order valence-electron chi connectivity index (χ2n) is 5.42. The molecule has 0 spiro atoms. The molecule has 1 atom stereocenters. The number of hydrogen-bond acceptors (Lipinski definition) is 3. The topological polar surface area (TPSA) is 45.5 Å². The van der Waals surface area contributed by atoms with Gasteiger partial charge in [0.15, 0.2) is 0 Å². The number of nitrogens with one attached hydrogen (secondary N) is 1. The molecule has 0 bridgehead atoms. The number of rotatable bonds is 4. The Hall–Kier alpha value is -1.50. The van der Waals surface area contributed by atoms with Crippen LogP contribution in [0.4, 0.5) is 13.2 Å². The Bertz CT molecular complexity index is 485. The van der Waals surface area contributed by atoms with Gasteiger partial charge < -0.3 is 9.73 Å². The summed E-state index contributed by atoms with van der Waals surface area (Å²) in [6.07, 6.45) is -2.95. The van der Waals surface area contributed by atoms with E-state index in [0.717, 1.165) is 24.5 Å². The van der Waals surface area contributed by atoms with E-state index in [1.807, 2.05) is 29.3 Å². The van der Waals surface area contributed by atoms with Gasteiger partial charge in [0.2, 0.25) is 5.91 Å². The molecule has 1 aromatic rings. The van der Waals surface area contributed by atoms with E-state index in [2.05, 4.69) is 0 Å². The number of amides is 1. The summed E-state index contributed by atoms with van der Waals surface area (Å²) in [5, 5.41) is 1.97. The molecule has 0 aromatic carbocycles. The number of nitrogens with zero attached hydrogens (tertiary/aromatic N) is 1. The van der Waals surface area contributed by atoms with Crippen molar-refractivity contribution in [2.24, 2.45) is 5.92 Å². The maximum Gasteiger partial charge on any atom is 0.405 e. The zero-order valence-corrected chi connectivity index (χ0v) is 11.9. The minimum Gasteiger partial charge on any atom is -0.465 e. The summed E-state index contributed by atoms with van der Waals surface area (Å²) in [4.78, 5) is 13.8. The fourth-order valence-corrected chi connectivity index (χ4v) is 2.54. The maximum absolute atomic E-state index is 12.1. The summed E-state index contributed by atoms with van der Waals surface area (Å²) in [5.74, 6) is 0.718. The van der Waals surface area contributed by atoms with Crippen molar-refractivity contribution in [1.29, 1.82) is 0 Å². The molecule has 21 heavy (non-hydrogen) atoms. The second kappa shape index (κ2) is 6.51. The molecule has 0 radical (unpaired) electrons. The largest absolute Gasteiger partial charge is 0.465 e. The lowest BCUT2D eigenvalue weighted by molar-refractivity contribution is -0.141. The van der Waals surface area contributed by atoms with Crippen LogP contribution in [0.5, 0.6) is 0 Å². The van der Waals surface area contributed by atoms with Gasteiger partial charge in [-0.2, -0.15) is 13.2 Å². The van der Waals surface area contributed by atoms with Gasteiger partial charge >= 0.3 is 6.18 Å². The summed E-state index contributed by atoms with van der Waals surface area (Å²) in [5.41, 5.74) is 0. The molecule has 0 unspecified atom stereocenters. The van der Waals surface area contributed by atoms with E-state index in [1.54, 1.807) is 0 Å². The number of aryl methyl sites for hydroxylation is 1. The van der Waals surface area contributed by atoms with E-state index in [1.165, 1.54) is 0 Å². The van der Waals surface area contributed by atoms with E-state index in [9.17, 15) is 18.0 Å². The lowest BCUT2D eigenvalue weighted by Crippen LogP contribution is -2.44. The van der Waals surface area contributed by atoms with Gasteiger partial charge in [-0.25, -0.2) is 0 Å². The van der Waals surface area contributed by atoms with E-state index >= 15 is 0 Å². The average Bonchev–Trinajstić information content (AvgIpc) is 2.81.